The van der Waals surface area contributed by atoms with Gasteiger partial charge >= 0.3 is 5.97 Å². The number of carbonyl (C=O) groups is 2. The van der Waals surface area contributed by atoms with Crippen molar-refractivity contribution in [2.24, 2.45) is 10.2 Å². The van der Waals surface area contributed by atoms with Crippen LogP contribution in [0, 0.1) is 0 Å². The summed E-state index contributed by atoms with van der Waals surface area (Å²) >= 11 is 1.08. The minimum absolute atomic E-state index is 0.189. The third-order valence-corrected chi connectivity index (χ3v) is 4.48. The Morgan fingerprint density at radius 1 is 1.57 bits per heavy atom. The molecule has 2 aliphatic heterocycles. The van der Waals surface area contributed by atoms with E-state index < -0.39 is 11.2 Å². The molecule has 2 N–H and O–H groups in total. The normalized spacial score (nSPS) is 24.7. The fraction of sp³-hybridized carbons (Fsp3) is 0.333. The quantitative estimate of drug-likeness (QED) is 0.641. The number of fused-ring (bicyclic) bond motifs is 1. The Hall–Kier alpha value is -2.35. The Labute approximate surface area is 136 Å². The molecular formula is C15H15N3O4S. The average Bonchev–Trinajstić information content (AvgIpc) is 3.00. The van der Waals surface area contributed by atoms with Gasteiger partial charge in [0.05, 0.1) is 12.6 Å². The molecule has 23 heavy (non-hydrogen) atoms. The summed E-state index contributed by atoms with van der Waals surface area (Å²) in [6, 6.07) is 5.78. The number of amidine groups is 1. The first-order valence-electron chi connectivity index (χ1n) is 7.11. The summed E-state index contributed by atoms with van der Waals surface area (Å²) in [7, 11) is 0. The van der Waals surface area contributed by atoms with Crippen molar-refractivity contribution in [3.63, 3.8) is 0 Å². The molecule has 1 aromatic carbocycles. The maximum absolute atomic E-state index is 11.6. The second-order valence-corrected chi connectivity index (χ2v) is 6.53. The Bertz CT molecular complexity index is 717. The fourth-order valence-corrected chi connectivity index (χ4v) is 3.33. The van der Waals surface area contributed by atoms with Crippen LogP contribution in [0.1, 0.15) is 24.5 Å². The molecule has 2 heterocycles. The Morgan fingerprint density at radius 3 is 3.17 bits per heavy atom. The van der Waals surface area contributed by atoms with Crippen molar-refractivity contribution >= 4 is 35.0 Å². The lowest BCUT2D eigenvalue weighted by Gasteiger charge is -2.01. The molecule has 0 aromatic heterocycles. The molecular weight excluding hydrogens is 318 g/mol. The number of carboxylic acids is 1. The van der Waals surface area contributed by atoms with Gasteiger partial charge < -0.3 is 15.2 Å². The van der Waals surface area contributed by atoms with Gasteiger partial charge in [-0.05, 0) is 36.2 Å². The number of benzene rings is 1. The van der Waals surface area contributed by atoms with E-state index in [-0.39, 0.29) is 18.4 Å². The molecule has 0 radical (unpaired) electrons. The van der Waals surface area contributed by atoms with E-state index in [1.807, 2.05) is 25.1 Å². The highest BCUT2D eigenvalue weighted by molar-refractivity contribution is 8.15. The Balaban J connectivity index is 1.64. The number of hydrogen-bond donors (Lipinski definition) is 2. The zero-order valence-corrected chi connectivity index (χ0v) is 13.2. The molecule has 8 heteroatoms. The molecule has 120 valence electrons. The standard InChI is InChI=1S/C15H15N3O4S/c1-8-4-10-5-9(2-3-11(10)22-8)7-16-18-15-17-14(21)12(23-15)6-13(19)20/h2-3,5,7-8,12H,4,6H2,1H3,(H,19,20)(H,17,18,21). The second-order valence-electron chi connectivity index (χ2n) is 5.34. The number of rotatable bonds is 4. The van der Waals surface area contributed by atoms with Crippen LogP contribution in [0.15, 0.2) is 28.4 Å². The smallest absolute Gasteiger partial charge is 0.305 e. The molecule has 0 aliphatic carbocycles. The van der Waals surface area contributed by atoms with Crippen LogP contribution in [0.4, 0.5) is 0 Å². The molecule has 0 spiro atoms. The summed E-state index contributed by atoms with van der Waals surface area (Å²) in [5.41, 5.74) is 2.03. The Kier molecular flexibility index (Phi) is 4.33. The van der Waals surface area contributed by atoms with Crippen LogP contribution < -0.4 is 10.1 Å². The van der Waals surface area contributed by atoms with E-state index >= 15 is 0 Å². The van der Waals surface area contributed by atoms with Crippen LogP contribution in [0.2, 0.25) is 0 Å². The number of carbonyl (C=O) groups excluding carboxylic acids is 1. The van der Waals surface area contributed by atoms with E-state index in [4.69, 9.17) is 9.84 Å². The summed E-state index contributed by atoms with van der Waals surface area (Å²) in [5.74, 6) is -0.469. The topological polar surface area (TPSA) is 100 Å². The summed E-state index contributed by atoms with van der Waals surface area (Å²) < 4.78 is 5.63. The van der Waals surface area contributed by atoms with Gasteiger partial charge in [0.2, 0.25) is 5.91 Å². The third kappa shape index (κ3) is 3.70. The summed E-state index contributed by atoms with van der Waals surface area (Å²) in [5, 5.41) is 18.8. The first-order chi connectivity index (χ1) is 11.0. The SMILES string of the molecule is CC1Cc2cc(C=NN=C3NC(=O)C(CC(=O)O)S3)ccc2O1. The van der Waals surface area contributed by atoms with Gasteiger partial charge in [-0.15, -0.1) is 5.10 Å². The van der Waals surface area contributed by atoms with Gasteiger partial charge in [-0.2, -0.15) is 5.10 Å². The van der Waals surface area contributed by atoms with Crippen molar-refractivity contribution in [2.75, 3.05) is 0 Å². The highest BCUT2D eigenvalue weighted by Crippen LogP contribution is 2.29. The molecule has 1 fully saturated rings. The highest BCUT2D eigenvalue weighted by Gasteiger charge is 2.32. The van der Waals surface area contributed by atoms with E-state index in [1.54, 1.807) is 6.21 Å². The molecule has 0 bridgehead atoms. The molecule has 1 aromatic rings. The molecule has 0 saturated carbocycles. The van der Waals surface area contributed by atoms with Gasteiger partial charge in [0.1, 0.15) is 17.1 Å². The van der Waals surface area contributed by atoms with E-state index in [9.17, 15) is 9.59 Å². The lowest BCUT2D eigenvalue weighted by molar-refractivity contribution is -0.138. The minimum atomic E-state index is -1.02. The summed E-state index contributed by atoms with van der Waals surface area (Å²) in [4.78, 5) is 22.2. The van der Waals surface area contributed by atoms with Gasteiger partial charge in [0.25, 0.3) is 0 Å². The monoisotopic (exact) mass is 333 g/mol. The number of amides is 1. The predicted molar refractivity (Wildman–Crippen MR) is 87.0 cm³/mol. The Morgan fingerprint density at radius 2 is 2.39 bits per heavy atom. The average molecular weight is 333 g/mol. The van der Waals surface area contributed by atoms with Crippen molar-refractivity contribution < 1.29 is 19.4 Å². The first-order valence-corrected chi connectivity index (χ1v) is 7.99. The fourth-order valence-electron chi connectivity index (χ4n) is 2.42. The van der Waals surface area contributed by atoms with E-state index in [0.29, 0.717) is 5.17 Å². The van der Waals surface area contributed by atoms with Crippen molar-refractivity contribution in [1.82, 2.24) is 5.32 Å². The number of nitrogens with zero attached hydrogens (tertiary/aromatic N) is 2. The number of nitrogens with one attached hydrogen (secondary N) is 1. The van der Waals surface area contributed by atoms with Crippen molar-refractivity contribution in [2.45, 2.75) is 31.1 Å². The number of ether oxygens (including phenoxy) is 1. The van der Waals surface area contributed by atoms with Crippen LogP contribution in [-0.2, 0) is 16.0 Å². The molecule has 3 rings (SSSR count). The lowest BCUT2D eigenvalue weighted by atomic mass is 10.1. The molecule has 2 aliphatic rings. The van der Waals surface area contributed by atoms with Crippen molar-refractivity contribution in [3.05, 3.63) is 29.3 Å². The van der Waals surface area contributed by atoms with Crippen LogP contribution in [0.3, 0.4) is 0 Å². The number of carboxylic acid groups (broad SMARTS) is 1. The largest absolute Gasteiger partial charge is 0.490 e. The third-order valence-electron chi connectivity index (χ3n) is 3.41. The number of thioether (sulfide) groups is 1. The van der Waals surface area contributed by atoms with E-state index in [2.05, 4.69) is 15.5 Å². The molecule has 2 unspecified atom stereocenters. The molecule has 1 amide bonds. The van der Waals surface area contributed by atoms with Gasteiger partial charge in [-0.1, -0.05) is 11.8 Å². The zero-order chi connectivity index (χ0) is 16.4. The highest BCUT2D eigenvalue weighted by atomic mass is 32.2. The summed E-state index contributed by atoms with van der Waals surface area (Å²) in [6.45, 7) is 2.02. The van der Waals surface area contributed by atoms with Crippen LogP contribution in [0.5, 0.6) is 5.75 Å². The molecule has 1 saturated heterocycles. The van der Waals surface area contributed by atoms with Crippen molar-refractivity contribution in [3.8, 4) is 5.75 Å². The minimum Gasteiger partial charge on any atom is -0.490 e. The zero-order valence-electron chi connectivity index (χ0n) is 12.4. The summed E-state index contributed by atoms with van der Waals surface area (Å²) in [6.07, 6.45) is 2.41. The van der Waals surface area contributed by atoms with E-state index in [0.717, 1.165) is 35.1 Å². The van der Waals surface area contributed by atoms with Gasteiger partial charge in [-0.3, -0.25) is 9.59 Å². The number of hydrogen-bond acceptors (Lipinski definition) is 6. The van der Waals surface area contributed by atoms with Crippen LogP contribution >= 0.6 is 11.8 Å². The van der Waals surface area contributed by atoms with Gasteiger partial charge in [-0.25, -0.2) is 0 Å². The maximum Gasteiger partial charge on any atom is 0.305 e. The lowest BCUT2D eigenvalue weighted by Crippen LogP contribution is -2.26. The van der Waals surface area contributed by atoms with Crippen LogP contribution in [0.25, 0.3) is 0 Å². The molecule has 2 atom stereocenters. The van der Waals surface area contributed by atoms with Gasteiger partial charge in [0, 0.05) is 6.42 Å². The second kappa shape index (κ2) is 6.41. The van der Waals surface area contributed by atoms with Crippen molar-refractivity contribution in [1.29, 1.82) is 0 Å². The van der Waals surface area contributed by atoms with Crippen LogP contribution in [-0.4, -0.2) is 39.7 Å². The van der Waals surface area contributed by atoms with Gasteiger partial charge in [0.15, 0.2) is 5.17 Å². The number of aliphatic carboxylic acids is 1. The maximum atomic E-state index is 11.6. The predicted octanol–water partition coefficient (Wildman–Crippen LogP) is 1.41. The molecule has 7 nitrogen and oxygen atoms in total. The van der Waals surface area contributed by atoms with E-state index in [1.165, 1.54) is 0 Å². The first kappa shape index (κ1) is 15.5.